The highest BCUT2D eigenvalue weighted by molar-refractivity contribution is 7.09. The Hall–Kier alpha value is -0.930. The van der Waals surface area contributed by atoms with Crippen LogP contribution >= 0.6 is 22.7 Å². The first-order chi connectivity index (χ1) is 7.36. The van der Waals surface area contributed by atoms with E-state index < -0.39 is 0 Å². The Morgan fingerprint density at radius 1 is 1.27 bits per heavy atom. The first-order valence-electron chi connectivity index (χ1n) is 4.94. The average molecular weight is 236 g/mol. The standard InChI is InChI=1S/C12H12OS2/c13-12(10-6-8-14-9-10)5-1-3-11-4-2-7-15-11/h2,4,6-9H,1,3,5H2. The van der Waals surface area contributed by atoms with Crippen molar-refractivity contribution in [2.75, 3.05) is 0 Å². The molecule has 0 aromatic carbocycles. The molecule has 0 unspecified atom stereocenters. The molecule has 0 saturated carbocycles. The topological polar surface area (TPSA) is 17.1 Å². The van der Waals surface area contributed by atoms with Gasteiger partial charge in [-0.3, -0.25) is 4.79 Å². The molecule has 15 heavy (non-hydrogen) atoms. The quantitative estimate of drug-likeness (QED) is 0.717. The summed E-state index contributed by atoms with van der Waals surface area (Å²) in [6.45, 7) is 0. The number of ketones is 1. The van der Waals surface area contributed by atoms with Crippen LogP contribution in [0.4, 0.5) is 0 Å². The smallest absolute Gasteiger partial charge is 0.163 e. The minimum Gasteiger partial charge on any atom is -0.294 e. The molecule has 0 aliphatic heterocycles. The number of Topliss-reactive ketones (excluding diaryl/α,β-unsaturated/α-hetero) is 1. The number of hydrogen-bond donors (Lipinski definition) is 0. The molecule has 0 radical (unpaired) electrons. The molecule has 2 heterocycles. The summed E-state index contributed by atoms with van der Waals surface area (Å²) in [6.07, 6.45) is 2.64. The maximum atomic E-state index is 11.6. The lowest BCUT2D eigenvalue weighted by Gasteiger charge is -1.97. The number of rotatable bonds is 5. The number of thiophene rings is 2. The van der Waals surface area contributed by atoms with Crippen LogP contribution < -0.4 is 0 Å². The molecule has 78 valence electrons. The zero-order valence-electron chi connectivity index (χ0n) is 8.31. The third kappa shape index (κ3) is 3.01. The van der Waals surface area contributed by atoms with Crippen molar-refractivity contribution in [1.82, 2.24) is 0 Å². The lowest BCUT2D eigenvalue weighted by atomic mass is 10.1. The van der Waals surface area contributed by atoms with Gasteiger partial charge in [0.25, 0.3) is 0 Å². The van der Waals surface area contributed by atoms with Crippen molar-refractivity contribution in [3.05, 3.63) is 44.8 Å². The number of carbonyl (C=O) groups excluding carboxylic acids is 1. The number of hydrogen-bond acceptors (Lipinski definition) is 3. The molecule has 0 aliphatic rings. The molecular formula is C12H12OS2. The van der Waals surface area contributed by atoms with Crippen LogP contribution in [0.5, 0.6) is 0 Å². The minimum absolute atomic E-state index is 0.271. The lowest BCUT2D eigenvalue weighted by Crippen LogP contribution is -1.97. The monoisotopic (exact) mass is 236 g/mol. The molecule has 2 aromatic heterocycles. The molecule has 0 atom stereocenters. The van der Waals surface area contributed by atoms with Gasteiger partial charge in [0.05, 0.1) is 0 Å². The van der Waals surface area contributed by atoms with Gasteiger partial charge in [0.15, 0.2) is 5.78 Å². The van der Waals surface area contributed by atoms with E-state index in [1.807, 2.05) is 16.8 Å². The van der Waals surface area contributed by atoms with Crippen molar-refractivity contribution >= 4 is 28.5 Å². The Morgan fingerprint density at radius 2 is 2.20 bits per heavy atom. The van der Waals surface area contributed by atoms with Crippen molar-refractivity contribution in [1.29, 1.82) is 0 Å². The Labute approximate surface area is 97.4 Å². The summed E-state index contributed by atoms with van der Waals surface area (Å²) in [5.74, 6) is 0.271. The largest absolute Gasteiger partial charge is 0.294 e. The van der Waals surface area contributed by atoms with E-state index in [-0.39, 0.29) is 5.78 Å². The van der Waals surface area contributed by atoms with E-state index >= 15 is 0 Å². The third-order valence-corrected chi connectivity index (χ3v) is 3.87. The van der Waals surface area contributed by atoms with Gasteiger partial charge in [0.1, 0.15) is 0 Å². The normalized spacial score (nSPS) is 10.4. The third-order valence-electron chi connectivity index (χ3n) is 2.25. The van der Waals surface area contributed by atoms with Gasteiger partial charge in [0, 0.05) is 22.2 Å². The van der Waals surface area contributed by atoms with Crippen LogP contribution in [-0.4, -0.2) is 5.78 Å². The van der Waals surface area contributed by atoms with Crippen LogP contribution in [0.3, 0.4) is 0 Å². The minimum atomic E-state index is 0.271. The maximum absolute atomic E-state index is 11.6. The first-order valence-corrected chi connectivity index (χ1v) is 6.76. The Morgan fingerprint density at radius 3 is 2.87 bits per heavy atom. The summed E-state index contributed by atoms with van der Waals surface area (Å²) in [6, 6.07) is 6.08. The maximum Gasteiger partial charge on any atom is 0.163 e. The molecule has 0 saturated heterocycles. The fourth-order valence-electron chi connectivity index (χ4n) is 1.45. The second-order valence-corrected chi connectivity index (χ2v) is 5.18. The fourth-order valence-corrected chi connectivity index (χ4v) is 2.86. The van der Waals surface area contributed by atoms with E-state index in [1.54, 1.807) is 22.7 Å². The SMILES string of the molecule is O=C(CCCc1cccs1)c1ccsc1. The Bertz CT molecular complexity index is 401. The van der Waals surface area contributed by atoms with Gasteiger partial charge in [-0.1, -0.05) is 6.07 Å². The second kappa shape index (κ2) is 5.24. The van der Waals surface area contributed by atoms with Crippen molar-refractivity contribution in [2.45, 2.75) is 19.3 Å². The van der Waals surface area contributed by atoms with Gasteiger partial charge in [-0.25, -0.2) is 0 Å². The van der Waals surface area contributed by atoms with Gasteiger partial charge < -0.3 is 0 Å². The predicted octanol–water partition coefficient (Wildman–Crippen LogP) is 4.02. The van der Waals surface area contributed by atoms with E-state index in [9.17, 15) is 4.79 Å². The van der Waals surface area contributed by atoms with E-state index in [2.05, 4.69) is 17.5 Å². The van der Waals surface area contributed by atoms with E-state index in [0.717, 1.165) is 18.4 Å². The van der Waals surface area contributed by atoms with E-state index in [0.29, 0.717) is 6.42 Å². The van der Waals surface area contributed by atoms with Gasteiger partial charge in [-0.05, 0) is 35.7 Å². The highest BCUT2D eigenvalue weighted by atomic mass is 32.1. The van der Waals surface area contributed by atoms with Crippen molar-refractivity contribution in [3.8, 4) is 0 Å². The Kier molecular flexibility index (Phi) is 3.69. The molecule has 0 amide bonds. The molecule has 0 fully saturated rings. The molecule has 0 N–H and O–H groups in total. The van der Waals surface area contributed by atoms with Crippen molar-refractivity contribution in [2.24, 2.45) is 0 Å². The van der Waals surface area contributed by atoms with E-state index in [1.165, 1.54) is 4.88 Å². The van der Waals surface area contributed by atoms with Crippen molar-refractivity contribution < 1.29 is 4.79 Å². The van der Waals surface area contributed by atoms with Crippen molar-refractivity contribution in [3.63, 3.8) is 0 Å². The van der Waals surface area contributed by atoms with Crippen LogP contribution in [0.15, 0.2) is 34.3 Å². The average Bonchev–Trinajstić information content (AvgIpc) is 2.90. The van der Waals surface area contributed by atoms with Crippen LogP contribution in [0.1, 0.15) is 28.1 Å². The summed E-state index contributed by atoms with van der Waals surface area (Å²) in [5, 5.41) is 5.95. The lowest BCUT2D eigenvalue weighted by molar-refractivity contribution is 0.0980. The number of aryl methyl sites for hydroxylation is 1. The molecule has 0 spiro atoms. The van der Waals surface area contributed by atoms with Crippen LogP contribution in [0.2, 0.25) is 0 Å². The Balaban J connectivity index is 1.77. The van der Waals surface area contributed by atoms with Crippen LogP contribution in [-0.2, 0) is 6.42 Å². The predicted molar refractivity (Wildman–Crippen MR) is 65.9 cm³/mol. The second-order valence-electron chi connectivity index (χ2n) is 3.37. The molecule has 2 aromatic rings. The zero-order chi connectivity index (χ0) is 10.5. The van der Waals surface area contributed by atoms with Crippen LogP contribution in [0.25, 0.3) is 0 Å². The summed E-state index contributed by atoms with van der Waals surface area (Å²) >= 11 is 3.34. The number of carbonyl (C=O) groups is 1. The molecule has 0 bridgehead atoms. The molecule has 2 rings (SSSR count). The van der Waals surface area contributed by atoms with E-state index in [4.69, 9.17) is 0 Å². The van der Waals surface area contributed by atoms with Gasteiger partial charge in [0.2, 0.25) is 0 Å². The van der Waals surface area contributed by atoms with Gasteiger partial charge in [-0.2, -0.15) is 11.3 Å². The van der Waals surface area contributed by atoms with Crippen LogP contribution in [0, 0.1) is 0 Å². The summed E-state index contributed by atoms with van der Waals surface area (Å²) in [5.41, 5.74) is 0.867. The van der Waals surface area contributed by atoms with Gasteiger partial charge >= 0.3 is 0 Å². The molecular weight excluding hydrogens is 224 g/mol. The molecule has 3 heteroatoms. The first kappa shape index (κ1) is 10.6. The highest BCUT2D eigenvalue weighted by Crippen LogP contribution is 2.14. The summed E-state index contributed by atoms with van der Waals surface area (Å²) in [4.78, 5) is 13.0. The summed E-state index contributed by atoms with van der Waals surface area (Å²) in [7, 11) is 0. The van der Waals surface area contributed by atoms with Gasteiger partial charge in [-0.15, -0.1) is 11.3 Å². The zero-order valence-corrected chi connectivity index (χ0v) is 9.94. The fraction of sp³-hybridized carbons (Fsp3) is 0.250. The highest BCUT2D eigenvalue weighted by Gasteiger charge is 2.05. The summed E-state index contributed by atoms with van der Waals surface area (Å²) < 4.78 is 0. The molecule has 1 nitrogen and oxygen atoms in total. The molecule has 0 aliphatic carbocycles.